The average Bonchev–Trinajstić information content (AvgIpc) is 3.61. The second-order valence-electron chi connectivity index (χ2n) is 8.06. The number of hydrogen-bond acceptors (Lipinski definition) is 7. The summed E-state index contributed by atoms with van der Waals surface area (Å²) < 4.78 is 21.7. The minimum absolute atomic E-state index is 0.102. The Morgan fingerprint density at radius 1 is 1.21 bits per heavy atom. The minimum Gasteiger partial charge on any atom is -0.337 e. The van der Waals surface area contributed by atoms with Gasteiger partial charge in [0.05, 0.1) is 18.8 Å². The number of hydrogen-bond donors (Lipinski definition) is 2. The van der Waals surface area contributed by atoms with Gasteiger partial charge >= 0.3 is 0 Å². The third kappa shape index (κ3) is 3.44. The molecule has 4 aromatic rings. The van der Waals surface area contributed by atoms with E-state index in [1.165, 1.54) is 6.07 Å². The van der Waals surface area contributed by atoms with E-state index >= 15 is 0 Å². The molecule has 1 fully saturated rings. The zero-order valence-electron chi connectivity index (χ0n) is 17.5. The lowest BCUT2D eigenvalue weighted by molar-refractivity contribution is -0.128. The first kappa shape index (κ1) is 19.6. The lowest BCUT2D eigenvalue weighted by atomic mass is 9.95. The van der Waals surface area contributed by atoms with Crippen LogP contribution in [0, 0.1) is 5.82 Å². The largest absolute Gasteiger partial charge is 0.337 e. The van der Waals surface area contributed by atoms with Crippen molar-refractivity contribution in [2.75, 3.05) is 6.54 Å². The predicted molar refractivity (Wildman–Crippen MR) is 117 cm³/mol. The van der Waals surface area contributed by atoms with Crippen molar-refractivity contribution in [3.8, 4) is 11.5 Å². The van der Waals surface area contributed by atoms with Crippen LogP contribution in [-0.2, 0) is 11.3 Å². The smallest absolute Gasteiger partial charge is 0.246 e. The summed E-state index contributed by atoms with van der Waals surface area (Å²) in [4.78, 5) is 22.5. The monoisotopic (exact) mass is 445 g/mol. The Morgan fingerprint density at radius 2 is 2.12 bits per heavy atom. The highest BCUT2D eigenvalue weighted by Crippen LogP contribution is 2.33. The second kappa shape index (κ2) is 7.82. The Hall–Kier alpha value is -4.05. The van der Waals surface area contributed by atoms with E-state index in [2.05, 4.69) is 26.0 Å². The molecule has 33 heavy (non-hydrogen) atoms. The van der Waals surface area contributed by atoms with Gasteiger partial charge in [-0.15, -0.1) is 0 Å². The van der Waals surface area contributed by atoms with E-state index in [9.17, 15) is 9.18 Å². The van der Waals surface area contributed by atoms with Crippen LogP contribution in [0.2, 0.25) is 0 Å². The second-order valence-corrected chi connectivity index (χ2v) is 8.06. The zero-order chi connectivity index (χ0) is 22.4. The number of carbonyl (C=O) groups is 1. The number of nitrogens with zero attached hydrogens (tertiary/aromatic N) is 5. The van der Waals surface area contributed by atoms with Crippen LogP contribution in [0.15, 0.2) is 59.5 Å². The van der Waals surface area contributed by atoms with E-state index in [0.717, 1.165) is 23.2 Å². The fraction of sp³-hybridized carbons (Fsp3) is 0.217. The molecule has 1 aromatic carbocycles. The Bertz CT molecular complexity index is 1390. The molecule has 2 N–H and O–H groups in total. The maximum atomic E-state index is 14.4. The summed E-state index contributed by atoms with van der Waals surface area (Å²) >= 11 is 0. The van der Waals surface area contributed by atoms with Crippen molar-refractivity contribution < 1.29 is 13.7 Å². The van der Waals surface area contributed by atoms with Crippen molar-refractivity contribution >= 4 is 17.1 Å². The van der Waals surface area contributed by atoms with E-state index in [1.54, 1.807) is 23.2 Å². The number of aromatic nitrogens is 4. The first-order valence-electron chi connectivity index (χ1n) is 10.7. The van der Waals surface area contributed by atoms with Gasteiger partial charge in [-0.25, -0.2) is 14.8 Å². The third-order valence-corrected chi connectivity index (χ3v) is 6.02. The van der Waals surface area contributed by atoms with E-state index in [4.69, 9.17) is 4.52 Å². The zero-order valence-corrected chi connectivity index (χ0v) is 17.5. The molecule has 2 aliphatic rings. The predicted octanol–water partition coefficient (Wildman–Crippen LogP) is 2.84. The highest BCUT2D eigenvalue weighted by molar-refractivity contribution is 5.78. The highest BCUT2D eigenvalue weighted by atomic mass is 19.1. The van der Waals surface area contributed by atoms with Gasteiger partial charge in [0.15, 0.2) is 0 Å². The molecule has 166 valence electrons. The summed E-state index contributed by atoms with van der Waals surface area (Å²) in [6.45, 7) is 1.01. The summed E-state index contributed by atoms with van der Waals surface area (Å²) in [7, 11) is 0. The standard InChI is InChI=1S/C23H20FN7O2/c24-17-5-2-1-4-15(17)22-16(10-26-28-22)14-7-8-19-25-11-18(31(19)12-14)23-27-20(33-29-23)13-30-9-3-6-21(30)32/h1-2,4-5,7-8,10-12,22,26,28H,3,6,9,13H2. The summed E-state index contributed by atoms with van der Waals surface area (Å²) in [6.07, 6.45) is 6.84. The van der Waals surface area contributed by atoms with E-state index < -0.39 is 0 Å². The van der Waals surface area contributed by atoms with Crippen LogP contribution in [0.4, 0.5) is 4.39 Å². The number of halogens is 1. The number of imidazole rings is 1. The van der Waals surface area contributed by atoms with E-state index in [1.807, 2.05) is 35.0 Å². The number of pyridine rings is 1. The van der Waals surface area contributed by atoms with Crippen molar-refractivity contribution in [3.05, 3.63) is 77.8 Å². The van der Waals surface area contributed by atoms with Gasteiger partial charge in [-0.3, -0.25) is 9.20 Å². The van der Waals surface area contributed by atoms with Crippen LogP contribution in [0.1, 0.15) is 35.9 Å². The summed E-state index contributed by atoms with van der Waals surface area (Å²) in [5, 5.41) is 4.10. The molecule has 0 spiro atoms. The lowest BCUT2D eigenvalue weighted by Crippen LogP contribution is -2.25. The molecule has 6 rings (SSSR count). The van der Waals surface area contributed by atoms with E-state index in [0.29, 0.717) is 42.5 Å². The molecule has 2 aliphatic heterocycles. The minimum atomic E-state index is -0.342. The molecule has 0 saturated carbocycles. The number of amides is 1. The van der Waals surface area contributed by atoms with Crippen molar-refractivity contribution in [3.63, 3.8) is 0 Å². The highest BCUT2D eigenvalue weighted by Gasteiger charge is 2.26. The van der Waals surface area contributed by atoms with Gasteiger partial charge in [0.2, 0.25) is 17.6 Å². The number of nitrogens with one attached hydrogen (secondary N) is 2. The summed E-state index contributed by atoms with van der Waals surface area (Å²) in [5.41, 5.74) is 9.83. The SMILES string of the molecule is O=C1CCCN1Cc1nc(-c2cnc3ccc(C4=CNNC4c4ccccc4F)cn23)no1. The molecule has 0 bridgehead atoms. The fourth-order valence-corrected chi connectivity index (χ4v) is 4.34. The first-order valence-corrected chi connectivity index (χ1v) is 10.7. The molecule has 0 radical (unpaired) electrons. The molecular formula is C23H20FN7O2. The Balaban J connectivity index is 1.33. The van der Waals surface area contributed by atoms with Crippen molar-refractivity contribution in [2.24, 2.45) is 0 Å². The maximum absolute atomic E-state index is 14.4. The van der Waals surface area contributed by atoms with Gasteiger partial charge < -0.3 is 14.8 Å². The molecule has 9 nitrogen and oxygen atoms in total. The maximum Gasteiger partial charge on any atom is 0.246 e. The molecule has 10 heteroatoms. The molecule has 0 aliphatic carbocycles. The van der Waals surface area contributed by atoms with Gasteiger partial charge in [-0.1, -0.05) is 23.4 Å². The van der Waals surface area contributed by atoms with E-state index in [-0.39, 0.29) is 17.8 Å². The molecule has 1 amide bonds. The number of likely N-dealkylation sites (tertiary alicyclic amines) is 1. The fourth-order valence-electron chi connectivity index (χ4n) is 4.34. The van der Waals surface area contributed by atoms with Crippen molar-refractivity contribution in [1.82, 2.24) is 35.3 Å². The molecule has 1 atom stereocenters. The van der Waals surface area contributed by atoms with Gasteiger partial charge in [-0.05, 0) is 30.2 Å². The van der Waals surface area contributed by atoms with Crippen LogP contribution in [0.25, 0.3) is 22.7 Å². The quantitative estimate of drug-likeness (QED) is 0.487. The van der Waals surface area contributed by atoms with Crippen LogP contribution in [-0.4, -0.2) is 36.9 Å². The van der Waals surface area contributed by atoms with Gasteiger partial charge in [-0.2, -0.15) is 4.98 Å². The number of rotatable bonds is 5. The number of hydrazine groups is 1. The Labute approximate surface area is 187 Å². The van der Waals surface area contributed by atoms with Gasteiger partial charge in [0.1, 0.15) is 17.2 Å². The Morgan fingerprint density at radius 3 is 2.97 bits per heavy atom. The summed E-state index contributed by atoms with van der Waals surface area (Å²) in [5.74, 6) is 0.608. The normalized spacial score (nSPS) is 18.2. The number of benzene rings is 1. The van der Waals surface area contributed by atoms with Crippen LogP contribution in [0.3, 0.4) is 0 Å². The number of carbonyl (C=O) groups excluding carboxylic acids is 1. The molecular weight excluding hydrogens is 425 g/mol. The average molecular weight is 445 g/mol. The number of fused-ring (bicyclic) bond motifs is 1. The lowest BCUT2D eigenvalue weighted by Gasteiger charge is -2.16. The van der Waals surface area contributed by atoms with Crippen LogP contribution in [0.5, 0.6) is 0 Å². The van der Waals surface area contributed by atoms with Gasteiger partial charge in [0.25, 0.3) is 0 Å². The topological polar surface area (TPSA) is 101 Å². The molecule has 1 saturated heterocycles. The first-order chi connectivity index (χ1) is 16.2. The van der Waals surface area contributed by atoms with Crippen LogP contribution >= 0.6 is 0 Å². The van der Waals surface area contributed by atoms with Crippen molar-refractivity contribution in [1.29, 1.82) is 0 Å². The van der Waals surface area contributed by atoms with Crippen molar-refractivity contribution in [2.45, 2.75) is 25.4 Å². The summed E-state index contributed by atoms with van der Waals surface area (Å²) in [6, 6.07) is 10.2. The third-order valence-electron chi connectivity index (χ3n) is 6.02. The van der Waals surface area contributed by atoms with Crippen LogP contribution < -0.4 is 10.9 Å². The molecule has 3 aromatic heterocycles. The molecule has 1 unspecified atom stereocenters. The molecule has 5 heterocycles. The Kier molecular flexibility index (Phi) is 4.65. The van der Waals surface area contributed by atoms with Gasteiger partial charge in [0, 0.05) is 36.5 Å².